The molecule has 0 spiro atoms. The lowest BCUT2D eigenvalue weighted by Gasteiger charge is -2.51. The number of aliphatic hydroxyl groups is 1. The van der Waals surface area contributed by atoms with E-state index in [4.69, 9.17) is 71.1 Å². The van der Waals surface area contributed by atoms with Crippen LogP contribution in [-0.2, 0) is 111 Å². The molecule has 1 N–H and O–H groups in total. The van der Waals surface area contributed by atoms with Crippen molar-refractivity contribution in [2.45, 2.75) is 132 Å². The fourth-order valence-corrected chi connectivity index (χ4v) is 13.0. The molecule has 3 aliphatic heterocycles. The fourth-order valence-electron chi connectivity index (χ4n) is 13.0. The average Bonchev–Trinajstić information content (AvgIpc) is 0.759. The van der Waals surface area contributed by atoms with Crippen LogP contribution in [0.5, 0.6) is 0 Å². The molecular formula is C88H84O20. The average molecular weight is 1460 g/mol. The lowest BCUT2D eigenvalue weighted by molar-refractivity contribution is -0.389. The quantitative estimate of drug-likeness (QED) is 0.0298. The second-order valence-electron chi connectivity index (χ2n) is 26.1. The molecule has 0 amide bonds. The highest BCUT2D eigenvalue weighted by atomic mass is 16.8. The van der Waals surface area contributed by atoms with Crippen molar-refractivity contribution in [1.82, 2.24) is 0 Å². The predicted molar refractivity (Wildman–Crippen MR) is 394 cm³/mol. The van der Waals surface area contributed by atoms with Gasteiger partial charge in [0.25, 0.3) is 0 Å². The summed E-state index contributed by atoms with van der Waals surface area (Å²) < 4.78 is 104. The molecule has 15 atom stereocenters. The SMILES string of the molecule is O=C(OC[C@H]1O[C@@H](O[C@H]2[C@H](OCc3ccccc3)[C@@H](OCc3ccccc3)[C@H](O[C@@H]3[C@H](OCc4ccccc4)[C@@H](OCc4ccccc4)[C@@H](O)O[C@@H]3COCc3ccccc3)O[C@@H]2COCc2ccccc2)[C@H](OC(=O)c2ccccc2)[C@@H](OC(=O)c2ccccc2)[C@@H]1OC(=O)c1ccccc1)c1ccccc1. The zero-order valence-electron chi connectivity index (χ0n) is 59.1. The molecule has 20 nitrogen and oxygen atoms in total. The van der Waals surface area contributed by atoms with Crippen molar-refractivity contribution in [3.05, 3.63) is 359 Å². The highest BCUT2D eigenvalue weighted by Gasteiger charge is 2.59. The number of ether oxygens (including phenoxy) is 15. The van der Waals surface area contributed by atoms with Gasteiger partial charge in [0.05, 0.1) is 75.1 Å². The molecule has 3 saturated heterocycles. The van der Waals surface area contributed by atoms with Gasteiger partial charge in [-0.25, -0.2) is 19.2 Å². The molecule has 0 bridgehead atoms. The summed E-state index contributed by atoms with van der Waals surface area (Å²) in [6.07, 6.45) is -22.1. The van der Waals surface area contributed by atoms with Crippen LogP contribution in [0.25, 0.3) is 0 Å². The van der Waals surface area contributed by atoms with Crippen LogP contribution in [-0.4, -0.2) is 141 Å². The van der Waals surface area contributed by atoms with E-state index in [1.165, 1.54) is 36.4 Å². The number of aliphatic hydroxyl groups excluding tert-OH is 1. The van der Waals surface area contributed by atoms with Crippen molar-refractivity contribution in [2.24, 2.45) is 0 Å². The molecule has 10 aromatic rings. The number of hydrogen-bond acceptors (Lipinski definition) is 20. The second kappa shape index (κ2) is 38.9. The Morgan fingerprint density at radius 1 is 0.259 bits per heavy atom. The van der Waals surface area contributed by atoms with Crippen LogP contribution in [0.3, 0.4) is 0 Å². The molecule has 0 aromatic heterocycles. The van der Waals surface area contributed by atoms with E-state index in [0.29, 0.717) is 0 Å². The smallest absolute Gasteiger partial charge is 0.338 e. The molecule has 0 saturated carbocycles. The summed E-state index contributed by atoms with van der Waals surface area (Å²) in [7, 11) is 0. The minimum Gasteiger partial charge on any atom is -0.459 e. The van der Waals surface area contributed by atoms with Crippen molar-refractivity contribution in [3.8, 4) is 0 Å². The van der Waals surface area contributed by atoms with Gasteiger partial charge in [0.1, 0.15) is 61.5 Å². The van der Waals surface area contributed by atoms with Gasteiger partial charge in [0.15, 0.2) is 37.2 Å². The van der Waals surface area contributed by atoms with Crippen LogP contribution < -0.4 is 0 Å². The van der Waals surface area contributed by atoms with Crippen LogP contribution in [0.15, 0.2) is 303 Å². The lowest BCUT2D eigenvalue weighted by Crippen LogP contribution is -2.68. The Morgan fingerprint density at radius 2 is 0.528 bits per heavy atom. The van der Waals surface area contributed by atoms with Crippen LogP contribution in [0.4, 0.5) is 0 Å². The van der Waals surface area contributed by atoms with E-state index in [1.807, 2.05) is 182 Å². The van der Waals surface area contributed by atoms with Gasteiger partial charge >= 0.3 is 23.9 Å². The van der Waals surface area contributed by atoms with Gasteiger partial charge in [-0.2, -0.15) is 0 Å². The van der Waals surface area contributed by atoms with Gasteiger partial charge in [-0.05, 0) is 81.9 Å². The van der Waals surface area contributed by atoms with E-state index >= 15 is 4.79 Å². The Labute approximate surface area is 626 Å². The van der Waals surface area contributed by atoms with Crippen LogP contribution in [0, 0.1) is 0 Å². The van der Waals surface area contributed by atoms with Crippen molar-refractivity contribution in [1.29, 1.82) is 0 Å². The summed E-state index contributed by atoms with van der Waals surface area (Å²) in [6.45, 7) is -0.930. The maximum atomic E-state index is 15.1. The molecule has 3 heterocycles. The Morgan fingerprint density at radius 3 is 0.898 bits per heavy atom. The highest BCUT2D eigenvalue weighted by Crippen LogP contribution is 2.40. The zero-order chi connectivity index (χ0) is 74.1. The predicted octanol–water partition coefficient (Wildman–Crippen LogP) is 13.2. The molecule has 108 heavy (non-hydrogen) atoms. The fraction of sp³-hybridized carbons (Fsp3) is 0.273. The van der Waals surface area contributed by atoms with E-state index in [0.717, 1.165) is 33.4 Å². The zero-order valence-corrected chi connectivity index (χ0v) is 59.1. The number of hydrogen-bond donors (Lipinski definition) is 1. The Kier molecular flexibility index (Phi) is 27.3. The molecule has 0 radical (unpaired) electrons. The minimum absolute atomic E-state index is 0.0346. The number of carbonyl (C=O) groups is 4. The van der Waals surface area contributed by atoms with Gasteiger partial charge < -0.3 is 76.2 Å². The van der Waals surface area contributed by atoms with E-state index in [-0.39, 0.29) is 75.1 Å². The van der Waals surface area contributed by atoms with Crippen LogP contribution in [0.2, 0.25) is 0 Å². The molecule has 0 aliphatic carbocycles. The summed E-state index contributed by atoms with van der Waals surface area (Å²) in [5.41, 5.74) is 5.23. The summed E-state index contributed by atoms with van der Waals surface area (Å²) in [4.78, 5) is 59.0. The molecule has 20 heteroatoms. The van der Waals surface area contributed by atoms with Gasteiger partial charge in [-0.1, -0.05) is 255 Å². The monoisotopic (exact) mass is 1460 g/mol. The summed E-state index contributed by atoms with van der Waals surface area (Å²) in [5, 5.41) is 12.4. The maximum Gasteiger partial charge on any atom is 0.338 e. The van der Waals surface area contributed by atoms with E-state index in [9.17, 15) is 19.5 Å². The standard InChI is InChI=1S/C88H84O20/c89-82(66-43-23-7-24-44-66)100-59-72-75(104-83(90)67-45-25-8-26-46-67)78(105-84(91)68-47-27-9-28-48-68)81(106-85(92)69-49-29-10-30-50-69)88(103-72)108-74-71(58-95-52-61-33-13-2-14-34-61)102-87(80(99-56-65-41-21-6-22-42-65)77(74)97-54-63-37-17-4-18-38-63)107-73-70(57-94-51-60-31-11-1-12-32-60)101-86(93)79(98-55-64-39-19-5-20-40-64)76(73)96-53-62-35-15-3-16-36-62/h1-50,70-81,86-88,93H,51-59H2/t70-,71-,72-,73+,74-,75-,76+,77+,78+,79-,80-,81-,86+,87+,88+/m1/s1. The molecule has 3 aliphatic rings. The first-order chi connectivity index (χ1) is 53.1. The van der Waals surface area contributed by atoms with Gasteiger partial charge in [0.2, 0.25) is 0 Å². The lowest BCUT2D eigenvalue weighted by atomic mass is 9.95. The minimum atomic E-state index is -1.89. The molecular weight excluding hydrogens is 1380 g/mol. The molecule has 10 aromatic carbocycles. The number of rotatable bonds is 33. The first kappa shape index (κ1) is 75.8. The summed E-state index contributed by atoms with van der Waals surface area (Å²) >= 11 is 0. The molecule has 13 rings (SSSR count). The Balaban J connectivity index is 0.956. The largest absolute Gasteiger partial charge is 0.459 e. The van der Waals surface area contributed by atoms with Gasteiger partial charge in [0, 0.05) is 0 Å². The van der Waals surface area contributed by atoms with Crippen LogP contribution >= 0.6 is 0 Å². The Hall–Kier alpha value is -10.4. The maximum absolute atomic E-state index is 15.1. The van der Waals surface area contributed by atoms with E-state index in [2.05, 4.69) is 0 Å². The Bertz CT molecular complexity index is 4330. The molecule has 3 fully saturated rings. The van der Waals surface area contributed by atoms with Crippen molar-refractivity contribution >= 4 is 23.9 Å². The van der Waals surface area contributed by atoms with Crippen molar-refractivity contribution in [3.63, 3.8) is 0 Å². The van der Waals surface area contributed by atoms with Gasteiger partial charge in [-0.3, -0.25) is 0 Å². The van der Waals surface area contributed by atoms with E-state index < -0.39 is 123 Å². The summed E-state index contributed by atoms with van der Waals surface area (Å²) in [5.74, 6) is -3.51. The highest BCUT2D eigenvalue weighted by molar-refractivity contribution is 5.91. The number of benzene rings is 10. The number of carbonyl (C=O) groups excluding carboxylic acids is 4. The molecule has 556 valence electrons. The van der Waals surface area contributed by atoms with Crippen molar-refractivity contribution < 1.29 is 95.3 Å². The normalized spacial score (nSPS) is 24.0. The molecule has 0 unspecified atom stereocenters. The number of esters is 4. The third kappa shape index (κ3) is 20.8. The first-order valence-corrected chi connectivity index (χ1v) is 35.9. The second-order valence-corrected chi connectivity index (χ2v) is 26.1. The third-order valence-electron chi connectivity index (χ3n) is 18.4. The van der Waals surface area contributed by atoms with Gasteiger partial charge in [-0.15, -0.1) is 0 Å². The topological polar surface area (TPSA) is 227 Å². The van der Waals surface area contributed by atoms with Crippen molar-refractivity contribution in [2.75, 3.05) is 19.8 Å². The third-order valence-corrected chi connectivity index (χ3v) is 18.4. The van der Waals surface area contributed by atoms with E-state index in [1.54, 1.807) is 84.9 Å². The summed E-state index contributed by atoms with van der Waals surface area (Å²) in [6, 6.07) is 89.5. The first-order valence-electron chi connectivity index (χ1n) is 35.9. The van der Waals surface area contributed by atoms with Crippen LogP contribution in [0.1, 0.15) is 74.8 Å².